The molecule has 7 heteroatoms. The largest absolute Gasteiger partial charge is 0.497 e. The standard InChI is InChI=1S/C36H33FN2O2S2/c1-41-33-7-5-6-28(24-33)26-39(22-23-42-34-8-3-2-4-9-34)25-27-10-20-35(21-11-27)43-38-36(40)31-14-12-29(13-15-31)30-16-18-32(37)19-17-30/h2-21,24H,22-23,25-26H2,1H3,(H,38,40). The summed E-state index contributed by atoms with van der Waals surface area (Å²) in [5.41, 5.74) is 4.82. The lowest BCUT2D eigenvalue weighted by Crippen LogP contribution is -2.25. The van der Waals surface area contributed by atoms with E-state index in [-0.39, 0.29) is 11.7 Å². The number of ether oxygens (including phenoxy) is 1. The summed E-state index contributed by atoms with van der Waals surface area (Å²) in [6.45, 7) is 2.56. The maximum Gasteiger partial charge on any atom is 0.261 e. The van der Waals surface area contributed by atoms with Gasteiger partial charge in [0.1, 0.15) is 11.6 Å². The van der Waals surface area contributed by atoms with Crippen LogP contribution in [0.5, 0.6) is 5.75 Å². The Bertz CT molecular complexity index is 1600. The van der Waals surface area contributed by atoms with Crippen molar-refractivity contribution in [2.75, 3.05) is 19.4 Å². The van der Waals surface area contributed by atoms with Gasteiger partial charge in [-0.15, -0.1) is 11.8 Å². The molecule has 0 aliphatic carbocycles. The van der Waals surface area contributed by atoms with Crippen LogP contribution in [0.25, 0.3) is 11.1 Å². The number of carbonyl (C=O) groups is 1. The van der Waals surface area contributed by atoms with Crippen molar-refractivity contribution in [2.45, 2.75) is 22.9 Å². The molecule has 43 heavy (non-hydrogen) atoms. The minimum Gasteiger partial charge on any atom is -0.497 e. The van der Waals surface area contributed by atoms with E-state index in [0.717, 1.165) is 47.2 Å². The zero-order valence-corrected chi connectivity index (χ0v) is 25.5. The summed E-state index contributed by atoms with van der Waals surface area (Å²) in [5.74, 6) is 1.41. The summed E-state index contributed by atoms with van der Waals surface area (Å²) >= 11 is 3.16. The molecular formula is C36H33FN2O2S2. The smallest absolute Gasteiger partial charge is 0.261 e. The van der Waals surface area contributed by atoms with Gasteiger partial charge in [-0.05, 0) is 94.9 Å². The van der Waals surface area contributed by atoms with E-state index in [1.165, 1.54) is 40.1 Å². The van der Waals surface area contributed by atoms with Crippen LogP contribution in [0.15, 0.2) is 137 Å². The zero-order valence-electron chi connectivity index (χ0n) is 23.9. The van der Waals surface area contributed by atoms with Gasteiger partial charge < -0.3 is 4.74 Å². The summed E-state index contributed by atoms with van der Waals surface area (Å²) < 4.78 is 21.6. The molecule has 0 heterocycles. The number of nitrogens with one attached hydrogen (secondary N) is 1. The van der Waals surface area contributed by atoms with Crippen LogP contribution in [0.4, 0.5) is 4.39 Å². The Morgan fingerprint density at radius 1 is 0.744 bits per heavy atom. The molecule has 4 nitrogen and oxygen atoms in total. The van der Waals surface area contributed by atoms with Crippen LogP contribution < -0.4 is 9.46 Å². The zero-order chi connectivity index (χ0) is 29.9. The summed E-state index contributed by atoms with van der Waals surface area (Å²) in [6.07, 6.45) is 0. The molecule has 0 saturated carbocycles. The van der Waals surface area contributed by atoms with E-state index < -0.39 is 0 Å². The molecule has 0 aromatic heterocycles. The molecule has 0 unspecified atom stereocenters. The third-order valence-corrected chi connectivity index (χ3v) is 8.66. The third-order valence-electron chi connectivity index (χ3n) is 6.88. The fourth-order valence-electron chi connectivity index (χ4n) is 4.59. The predicted octanol–water partition coefficient (Wildman–Crippen LogP) is 8.73. The maximum atomic E-state index is 13.2. The third kappa shape index (κ3) is 9.22. The van der Waals surface area contributed by atoms with Crippen LogP contribution in [-0.2, 0) is 13.1 Å². The number of thioether (sulfide) groups is 1. The van der Waals surface area contributed by atoms with Crippen molar-refractivity contribution in [3.8, 4) is 16.9 Å². The van der Waals surface area contributed by atoms with Crippen LogP contribution in [0.3, 0.4) is 0 Å². The van der Waals surface area contributed by atoms with Crippen molar-refractivity contribution >= 4 is 29.6 Å². The highest BCUT2D eigenvalue weighted by molar-refractivity contribution is 7.99. The molecule has 0 fully saturated rings. The van der Waals surface area contributed by atoms with E-state index >= 15 is 0 Å². The summed E-state index contributed by atoms with van der Waals surface area (Å²) in [7, 11) is 1.70. The molecule has 218 valence electrons. The molecule has 0 spiro atoms. The topological polar surface area (TPSA) is 41.6 Å². The number of amides is 1. The molecular weight excluding hydrogens is 576 g/mol. The lowest BCUT2D eigenvalue weighted by atomic mass is 10.0. The van der Waals surface area contributed by atoms with Gasteiger partial charge in [-0.1, -0.05) is 66.7 Å². The highest BCUT2D eigenvalue weighted by atomic mass is 32.2. The summed E-state index contributed by atoms with van der Waals surface area (Å²) in [5, 5.41) is 0. The normalized spacial score (nSPS) is 11.0. The van der Waals surface area contributed by atoms with Crippen LogP contribution >= 0.6 is 23.7 Å². The van der Waals surface area contributed by atoms with Crippen LogP contribution in [0, 0.1) is 5.82 Å². The van der Waals surface area contributed by atoms with Gasteiger partial charge in [0.2, 0.25) is 0 Å². The van der Waals surface area contributed by atoms with Crippen molar-refractivity contribution in [2.24, 2.45) is 0 Å². The molecule has 0 aliphatic rings. The second-order valence-electron chi connectivity index (χ2n) is 9.99. The Balaban J connectivity index is 1.16. The van der Waals surface area contributed by atoms with Gasteiger partial charge in [-0.3, -0.25) is 14.4 Å². The van der Waals surface area contributed by atoms with Gasteiger partial charge in [-0.25, -0.2) is 4.39 Å². The number of benzene rings is 5. The van der Waals surface area contributed by atoms with Crippen molar-refractivity contribution in [3.05, 3.63) is 150 Å². The SMILES string of the molecule is COc1cccc(CN(CCSc2ccccc2)Cc2ccc(SNC(=O)c3ccc(-c4ccc(F)cc4)cc3)cc2)c1. The highest BCUT2D eigenvalue weighted by Gasteiger charge is 2.11. The molecule has 0 saturated heterocycles. The Morgan fingerprint density at radius 3 is 2.12 bits per heavy atom. The van der Waals surface area contributed by atoms with Gasteiger partial charge in [-0.2, -0.15) is 0 Å². The fraction of sp³-hybridized carbons (Fsp3) is 0.139. The van der Waals surface area contributed by atoms with Crippen molar-refractivity contribution in [1.82, 2.24) is 9.62 Å². The number of methoxy groups -OCH3 is 1. The van der Waals surface area contributed by atoms with E-state index in [1.54, 1.807) is 31.4 Å². The first-order chi connectivity index (χ1) is 21.1. The Kier molecular flexibility index (Phi) is 10.9. The van der Waals surface area contributed by atoms with Crippen LogP contribution in [0.2, 0.25) is 0 Å². The van der Waals surface area contributed by atoms with E-state index in [2.05, 4.69) is 58.2 Å². The quantitative estimate of drug-likeness (QED) is 0.107. The number of rotatable bonds is 13. The second-order valence-corrected chi connectivity index (χ2v) is 12.0. The van der Waals surface area contributed by atoms with Gasteiger partial charge in [0.15, 0.2) is 0 Å². The molecule has 5 aromatic rings. The fourth-order valence-corrected chi connectivity index (χ4v) is 6.13. The van der Waals surface area contributed by atoms with Gasteiger partial charge in [0, 0.05) is 40.7 Å². The Labute approximate surface area is 261 Å². The lowest BCUT2D eigenvalue weighted by Gasteiger charge is -2.23. The number of hydrogen-bond donors (Lipinski definition) is 1. The lowest BCUT2D eigenvalue weighted by molar-refractivity contribution is 0.0984. The Morgan fingerprint density at radius 2 is 1.42 bits per heavy atom. The predicted molar refractivity (Wildman–Crippen MR) is 176 cm³/mol. The van der Waals surface area contributed by atoms with Crippen molar-refractivity contribution < 1.29 is 13.9 Å². The molecule has 1 amide bonds. The maximum absolute atomic E-state index is 13.2. The van der Waals surface area contributed by atoms with Gasteiger partial charge in [0.25, 0.3) is 5.91 Å². The summed E-state index contributed by atoms with van der Waals surface area (Å²) in [4.78, 5) is 17.4. The average Bonchev–Trinajstić information content (AvgIpc) is 3.05. The first kappa shape index (κ1) is 30.4. The Hall–Kier alpha value is -4.04. The van der Waals surface area contributed by atoms with Crippen LogP contribution in [0.1, 0.15) is 21.5 Å². The monoisotopic (exact) mass is 608 g/mol. The molecule has 0 atom stereocenters. The number of nitrogens with zero attached hydrogens (tertiary/aromatic N) is 1. The van der Waals surface area contributed by atoms with Gasteiger partial charge in [0.05, 0.1) is 7.11 Å². The summed E-state index contributed by atoms with van der Waals surface area (Å²) in [6, 6.07) is 40.7. The molecule has 0 radical (unpaired) electrons. The minimum atomic E-state index is -0.270. The minimum absolute atomic E-state index is 0.167. The van der Waals surface area contributed by atoms with E-state index in [1.807, 2.05) is 54.2 Å². The molecule has 5 aromatic carbocycles. The molecule has 1 N–H and O–H groups in total. The van der Waals surface area contributed by atoms with E-state index in [4.69, 9.17) is 4.74 Å². The highest BCUT2D eigenvalue weighted by Crippen LogP contribution is 2.23. The molecule has 5 rings (SSSR count). The van der Waals surface area contributed by atoms with E-state index in [0.29, 0.717) is 5.56 Å². The van der Waals surface area contributed by atoms with Crippen molar-refractivity contribution in [1.29, 1.82) is 0 Å². The molecule has 0 aliphatic heterocycles. The molecule has 0 bridgehead atoms. The number of halogens is 1. The van der Waals surface area contributed by atoms with Gasteiger partial charge >= 0.3 is 0 Å². The van der Waals surface area contributed by atoms with Crippen LogP contribution in [-0.4, -0.2) is 30.2 Å². The second kappa shape index (κ2) is 15.4. The number of carbonyl (C=O) groups excluding carboxylic acids is 1. The van der Waals surface area contributed by atoms with Crippen molar-refractivity contribution in [3.63, 3.8) is 0 Å². The average molecular weight is 609 g/mol. The first-order valence-electron chi connectivity index (χ1n) is 14.0. The first-order valence-corrected chi connectivity index (χ1v) is 15.8. The number of hydrogen-bond acceptors (Lipinski definition) is 5. The van der Waals surface area contributed by atoms with E-state index in [9.17, 15) is 9.18 Å².